The number of hydrogen-bond donors (Lipinski definition) is 2. The molecule has 1 aromatic heterocycles. The molecule has 0 aliphatic carbocycles. The molecule has 0 fully saturated rings. The highest BCUT2D eigenvalue weighted by atomic mass is 19.4. The molecular formula is C10H15F3N4O2. The van der Waals surface area contributed by atoms with Crippen molar-refractivity contribution in [3.63, 3.8) is 0 Å². The Bertz CT molecular complexity index is 468. The lowest BCUT2D eigenvalue weighted by atomic mass is 10.3. The number of methoxy groups -OCH3 is 1. The van der Waals surface area contributed by atoms with E-state index in [1.165, 1.54) is 4.68 Å². The summed E-state index contributed by atoms with van der Waals surface area (Å²) in [6, 6.07) is -0.204. The fourth-order valence-electron chi connectivity index (χ4n) is 1.45. The number of nitrogens with zero attached hydrogens (tertiary/aromatic N) is 2. The number of rotatable bonds is 4. The molecule has 3 N–H and O–H groups in total. The molecule has 19 heavy (non-hydrogen) atoms. The first kappa shape index (κ1) is 15.1. The number of anilines is 2. The molecule has 6 nitrogen and oxygen atoms in total. The monoisotopic (exact) mass is 280 g/mol. The van der Waals surface area contributed by atoms with Gasteiger partial charge in [-0.15, -0.1) is 0 Å². The van der Waals surface area contributed by atoms with Gasteiger partial charge in [0.2, 0.25) is 0 Å². The van der Waals surface area contributed by atoms with E-state index in [1.807, 2.05) is 5.32 Å². The van der Waals surface area contributed by atoms with Gasteiger partial charge in [-0.3, -0.25) is 0 Å². The summed E-state index contributed by atoms with van der Waals surface area (Å²) in [5, 5.41) is 5.91. The molecule has 0 saturated carbocycles. The van der Waals surface area contributed by atoms with Gasteiger partial charge in [-0.2, -0.15) is 18.3 Å². The van der Waals surface area contributed by atoms with Crippen LogP contribution >= 0.6 is 0 Å². The highest BCUT2D eigenvalue weighted by Crippen LogP contribution is 2.26. The summed E-state index contributed by atoms with van der Waals surface area (Å²) >= 11 is 0. The minimum Gasteiger partial charge on any atom is -0.465 e. The molecule has 1 rings (SSSR count). The van der Waals surface area contributed by atoms with Gasteiger partial charge in [0.25, 0.3) is 0 Å². The zero-order chi connectivity index (χ0) is 14.8. The maximum absolute atomic E-state index is 12.2. The van der Waals surface area contributed by atoms with Crippen molar-refractivity contribution in [3.05, 3.63) is 5.56 Å². The van der Waals surface area contributed by atoms with Crippen LogP contribution in [0.4, 0.5) is 24.8 Å². The smallest absolute Gasteiger partial charge is 0.405 e. The van der Waals surface area contributed by atoms with Crippen molar-refractivity contribution in [3.8, 4) is 0 Å². The number of carbonyl (C=O) groups is 1. The van der Waals surface area contributed by atoms with E-state index in [2.05, 4.69) is 9.84 Å². The Morgan fingerprint density at radius 1 is 1.53 bits per heavy atom. The van der Waals surface area contributed by atoms with Crippen LogP contribution < -0.4 is 11.1 Å². The van der Waals surface area contributed by atoms with Crippen LogP contribution in [0.2, 0.25) is 0 Å². The second kappa shape index (κ2) is 5.37. The third-order valence-corrected chi connectivity index (χ3v) is 2.28. The van der Waals surface area contributed by atoms with Gasteiger partial charge < -0.3 is 15.8 Å². The molecule has 108 valence electrons. The van der Waals surface area contributed by atoms with Crippen molar-refractivity contribution < 1.29 is 22.7 Å². The number of nitrogens with one attached hydrogen (secondary N) is 1. The van der Waals surface area contributed by atoms with E-state index in [-0.39, 0.29) is 23.2 Å². The van der Waals surface area contributed by atoms with E-state index in [9.17, 15) is 18.0 Å². The molecule has 0 amide bonds. The van der Waals surface area contributed by atoms with Crippen LogP contribution in [-0.4, -0.2) is 35.6 Å². The molecule has 0 unspecified atom stereocenters. The lowest BCUT2D eigenvalue weighted by Crippen LogP contribution is -2.22. The fourth-order valence-corrected chi connectivity index (χ4v) is 1.45. The summed E-state index contributed by atoms with van der Waals surface area (Å²) in [6.07, 6.45) is -4.43. The lowest BCUT2D eigenvalue weighted by Gasteiger charge is -2.08. The summed E-state index contributed by atoms with van der Waals surface area (Å²) in [7, 11) is 1.11. The normalized spacial score (nSPS) is 11.7. The summed E-state index contributed by atoms with van der Waals surface area (Å²) in [5.74, 6) is -1.11. The highest BCUT2D eigenvalue weighted by Gasteiger charge is 2.30. The average Bonchev–Trinajstić information content (AvgIpc) is 2.62. The Hall–Kier alpha value is -1.93. The van der Waals surface area contributed by atoms with Gasteiger partial charge in [-0.1, -0.05) is 0 Å². The zero-order valence-electron chi connectivity index (χ0n) is 10.7. The van der Waals surface area contributed by atoms with Crippen molar-refractivity contribution in [1.82, 2.24) is 9.78 Å². The molecule has 1 heterocycles. The second-order valence-corrected chi connectivity index (χ2v) is 4.11. The SMILES string of the molecule is COC(=O)c1c(NCC(F)(F)F)nn(C(C)C)c1N. The minimum atomic E-state index is -4.43. The van der Waals surface area contributed by atoms with Gasteiger partial charge in [0, 0.05) is 6.04 Å². The maximum Gasteiger partial charge on any atom is 0.405 e. The first-order valence-electron chi connectivity index (χ1n) is 5.44. The van der Waals surface area contributed by atoms with Crippen LogP contribution in [0, 0.1) is 0 Å². The van der Waals surface area contributed by atoms with E-state index >= 15 is 0 Å². The standard InChI is InChI=1S/C10H15F3N4O2/c1-5(2)17-7(14)6(9(18)19-3)8(16-17)15-4-10(11,12)13/h5H,4,14H2,1-3H3,(H,15,16). The Balaban J connectivity index is 3.14. The molecule has 0 aliphatic heterocycles. The van der Waals surface area contributed by atoms with Crippen LogP contribution in [0.15, 0.2) is 0 Å². The van der Waals surface area contributed by atoms with Crippen LogP contribution in [0.5, 0.6) is 0 Å². The predicted molar refractivity (Wildman–Crippen MR) is 62.9 cm³/mol. The molecular weight excluding hydrogens is 265 g/mol. The van der Waals surface area contributed by atoms with E-state index in [0.29, 0.717) is 0 Å². The number of nitrogens with two attached hydrogens (primary N) is 1. The summed E-state index contributed by atoms with van der Waals surface area (Å²) in [6.45, 7) is 2.15. The van der Waals surface area contributed by atoms with Crippen molar-refractivity contribution in [2.24, 2.45) is 0 Å². The van der Waals surface area contributed by atoms with Gasteiger partial charge in [-0.25, -0.2) is 9.48 Å². The van der Waals surface area contributed by atoms with Gasteiger partial charge in [0.1, 0.15) is 17.9 Å². The van der Waals surface area contributed by atoms with Crippen LogP contribution in [0.3, 0.4) is 0 Å². The highest BCUT2D eigenvalue weighted by molar-refractivity contribution is 5.99. The number of esters is 1. The Morgan fingerprint density at radius 2 is 2.11 bits per heavy atom. The molecule has 0 spiro atoms. The lowest BCUT2D eigenvalue weighted by molar-refractivity contribution is -0.115. The van der Waals surface area contributed by atoms with E-state index in [4.69, 9.17) is 5.73 Å². The molecule has 0 saturated heterocycles. The number of hydrogen-bond acceptors (Lipinski definition) is 5. The Labute approximate surface area is 107 Å². The van der Waals surface area contributed by atoms with Gasteiger partial charge in [0.15, 0.2) is 5.82 Å². The molecule has 0 aliphatic rings. The van der Waals surface area contributed by atoms with Crippen molar-refractivity contribution in [2.45, 2.75) is 26.1 Å². The number of carbonyl (C=O) groups excluding carboxylic acids is 1. The summed E-state index contributed by atoms with van der Waals surface area (Å²) < 4.78 is 42.3. The van der Waals surface area contributed by atoms with E-state index < -0.39 is 18.7 Å². The third-order valence-electron chi connectivity index (χ3n) is 2.28. The average molecular weight is 280 g/mol. The molecule has 0 bridgehead atoms. The quantitative estimate of drug-likeness (QED) is 0.822. The molecule has 9 heteroatoms. The van der Waals surface area contributed by atoms with Crippen molar-refractivity contribution in [1.29, 1.82) is 0 Å². The third kappa shape index (κ3) is 3.52. The van der Waals surface area contributed by atoms with Gasteiger partial charge in [-0.05, 0) is 13.8 Å². The van der Waals surface area contributed by atoms with Crippen LogP contribution in [0.1, 0.15) is 30.2 Å². The number of alkyl halides is 3. The van der Waals surface area contributed by atoms with Crippen molar-refractivity contribution in [2.75, 3.05) is 24.7 Å². The Morgan fingerprint density at radius 3 is 2.53 bits per heavy atom. The van der Waals surface area contributed by atoms with E-state index in [0.717, 1.165) is 7.11 Å². The number of aromatic nitrogens is 2. The largest absolute Gasteiger partial charge is 0.465 e. The molecule has 0 atom stereocenters. The Kier molecular flexibility index (Phi) is 4.28. The van der Waals surface area contributed by atoms with Gasteiger partial charge in [0.05, 0.1) is 7.11 Å². The number of halogens is 3. The van der Waals surface area contributed by atoms with Crippen molar-refractivity contribution >= 4 is 17.6 Å². The van der Waals surface area contributed by atoms with Gasteiger partial charge >= 0.3 is 12.1 Å². The topological polar surface area (TPSA) is 82.2 Å². The number of nitrogen functional groups attached to an aromatic ring is 1. The summed E-state index contributed by atoms with van der Waals surface area (Å²) in [5.41, 5.74) is 5.51. The maximum atomic E-state index is 12.2. The fraction of sp³-hybridized carbons (Fsp3) is 0.600. The molecule has 1 aromatic rings. The summed E-state index contributed by atoms with van der Waals surface area (Å²) in [4.78, 5) is 11.5. The first-order valence-corrected chi connectivity index (χ1v) is 5.44. The van der Waals surface area contributed by atoms with Crippen LogP contribution in [0.25, 0.3) is 0 Å². The molecule has 0 radical (unpaired) electrons. The minimum absolute atomic E-state index is 0.0356. The first-order chi connectivity index (χ1) is 8.67. The number of ether oxygens (including phenoxy) is 1. The van der Waals surface area contributed by atoms with Crippen LogP contribution in [-0.2, 0) is 4.74 Å². The molecule has 0 aromatic carbocycles. The predicted octanol–water partition coefficient (Wildman–Crippen LogP) is 1.81. The zero-order valence-corrected chi connectivity index (χ0v) is 10.7. The second-order valence-electron chi connectivity index (χ2n) is 4.11. The van der Waals surface area contributed by atoms with E-state index in [1.54, 1.807) is 13.8 Å².